The number of aromatic carboxylic acids is 1. The lowest BCUT2D eigenvalue weighted by Gasteiger charge is -2.26. The predicted molar refractivity (Wildman–Crippen MR) is 87.0 cm³/mol. The summed E-state index contributed by atoms with van der Waals surface area (Å²) in [6.07, 6.45) is 1.70. The van der Waals surface area contributed by atoms with Gasteiger partial charge >= 0.3 is 5.97 Å². The number of rotatable bonds is 6. The number of carboxylic acids is 1. The van der Waals surface area contributed by atoms with E-state index in [1.165, 1.54) is 10.7 Å². The molecule has 0 bridgehead atoms. The zero-order valence-corrected chi connectivity index (χ0v) is 14.5. The Morgan fingerprint density at radius 2 is 2.09 bits per heavy atom. The predicted octanol–water partition coefficient (Wildman–Crippen LogP) is 3.34. The van der Waals surface area contributed by atoms with Gasteiger partial charge in [-0.05, 0) is 12.1 Å². The molecule has 0 atom stereocenters. The van der Waals surface area contributed by atoms with Crippen molar-refractivity contribution in [2.45, 2.75) is 25.7 Å². The first kappa shape index (κ1) is 16.5. The monoisotopic (exact) mass is 339 g/mol. The maximum Gasteiger partial charge on any atom is 0.338 e. The molecule has 2 rings (SSSR count). The Balaban J connectivity index is 2.08. The number of hydrogen-bond acceptors (Lipinski definition) is 4. The highest BCUT2D eigenvalue weighted by Gasteiger charge is 2.12. The standard InChI is InChI=1S/C14H18ClN3O3Si/c1-22(2,3)9-8-21-12-6-7-18(17-12)11-5-4-10(14(19)20)13(15)16-11/h4-7H,8-9H2,1-3H3,(H,19,20)/q-1. The molecule has 0 aromatic carbocycles. The van der Waals surface area contributed by atoms with Gasteiger partial charge < -0.3 is 9.84 Å². The van der Waals surface area contributed by atoms with Crippen LogP contribution in [0, 0.1) is 0 Å². The molecule has 0 saturated heterocycles. The average Bonchev–Trinajstić information content (AvgIpc) is 2.85. The second-order valence-electron chi connectivity index (χ2n) is 6.07. The van der Waals surface area contributed by atoms with Crippen LogP contribution in [0.2, 0.25) is 30.8 Å². The van der Waals surface area contributed by atoms with Crippen LogP contribution in [0.5, 0.6) is 5.88 Å². The first-order chi connectivity index (χ1) is 10.3. The minimum Gasteiger partial charge on any atom is -0.480 e. The molecule has 6 nitrogen and oxygen atoms in total. The molecule has 0 fully saturated rings. The van der Waals surface area contributed by atoms with Gasteiger partial charge in [0.1, 0.15) is 5.15 Å². The van der Waals surface area contributed by atoms with Crippen molar-refractivity contribution in [3.63, 3.8) is 0 Å². The summed E-state index contributed by atoms with van der Waals surface area (Å²) in [5, 5.41) is 13.1. The van der Waals surface area contributed by atoms with Crippen molar-refractivity contribution in [3.8, 4) is 11.7 Å². The van der Waals surface area contributed by atoms with E-state index in [1.807, 2.05) is 0 Å². The van der Waals surface area contributed by atoms with Crippen molar-refractivity contribution in [1.29, 1.82) is 0 Å². The fourth-order valence-corrected chi connectivity index (χ4v) is 2.63. The fourth-order valence-electron chi connectivity index (χ4n) is 1.69. The third kappa shape index (κ3) is 4.31. The van der Waals surface area contributed by atoms with E-state index in [9.17, 15) is 4.79 Å². The Labute approximate surface area is 134 Å². The molecule has 0 unspecified atom stereocenters. The first-order valence-corrected chi connectivity index (χ1v) is 10.9. The van der Waals surface area contributed by atoms with Gasteiger partial charge in [-0.15, -0.1) is 19.2 Å². The maximum atomic E-state index is 10.9. The summed E-state index contributed by atoms with van der Waals surface area (Å²) in [5.41, 5.74) is -0.0378. The second-order valence-corrected chi connectivity index (χ2v) is 12.0. The molecule has 0 spiro atoms. The molecule has 0 aliphatic rings. The Morgan fingerprint density at radius 3 is 2.68 bits per heavy atom. The molecule has 2 aromatic rings. The molecule has 0 saturated carbocycles. The zero-order valence-electron chi connectivity index (χ0n) is 12.7. The van der Waals surface area contributed by atoms with E-state index in [0.717, 1.165) is 6.04 Å². The summed E-state index contributed by atoms with van der Waals surface area (Å²) in [5.74, 6) is -0.159. The fraction of sp³-hybridized carbons (Fsp3) is 0.357. The van der Waals surface area contributed by atoms with Gasteiger partial charge in [-0.2, -0.15) is 19.6 Å². The quantitative estimate of drug-likeness (QED) is 0.645. The van der Waals surface area contributed by atoms with Crippen LogP contribution in [0.4, 0.5) is 0 Å². The molecule has 0 aliphatic carbocycles. The number of hydrogen-bond donors (Lipinski definition) is 1. The van der Waals surface area contributed by atoms with Crippen LogP contribution in [0.25, 0.3) is 5.82 Å². The van der Waals surface area contributed by atoms with E-state index >= 15 is 0 Å². The Morgan fingerprint density at radius 1 is 1.36 bits per heavy atom. The van der Waals surface area contributed by atoms with Crippen LogP contribution < -0.4 is 4.74 Å². The average molecular weight is 340 g/mol. The lowest BCUT2D eigenvalue weighted by molar-refractivity contribution is 0.0696. The highest BCUT2D eigenvalue weighted by atomic mass is 35.5. The highest BCUT2D eigenvalue weighted by molar-refractivity contribution is 6.76. The van der Waals surface area contributed by atoms with E-state index in [1.54, 1.807) is 18.3 Å². The van der Waals surface area contributed by atoms with Gasteiger partial charge in [0.2, 0.25) is 5.88 Å². The van der Waals surface area contributed by atoms with Crippen LogP contribution in [0.3, 0.4) is 0 Å². The van der Waals surface area contributed by atoms with Crippen LogP contribution in [-0.4, -0.2) is 40.5 Å². The summed E-state index contributed by atoms with van der Waals surface area (Å²) in [6.45, 7) is 7.49. The number of nitrogens with zero attached hydrogens (tertiary/aromatic N) is 3. The van der Waals surface area contributed by atoms with Crippen molar-refractivity contribution in [2.75, 3.05) is 6.61 Å². The number of ether oxygens (including phenoxy) is 1. The van der Waals surface area contributed by atoms with Gasteiger partial charge in [-0.3, -0.25) is 0 Å². The SMILES string of the molecule is C[Si-](C)(C)CCOc1ccn(-c2ccc(C(=O)O)c(Cl)n2)n1. The van der Waals surface area contributed by atoms with E-state index in [4.69, 9.17) is 21.4 Å². The van der Waals surface area contributed by atoms with Crippen molar-refractivity contribution < 1.29 is 14.6 Å². The van der Waals surface area contributed by atoms with E-state index < -0.39 is 14.0 Å². The van der Waals surface area contributed by atoms with Crippen molar-refractivity contribution in [3.05, 3.63) is 35.1 Å². The number of carbonyl (C=O) groups is 1. The molecule has 0 aliphatic heterocycles. The Hall–Kier alpha value is -1.86. The normalized spacial score (nSPS) is 11.5. The lowest BCUT2D eigenvalue weighted by atomic mass is 10.3. The Bertz CT molecular complexity index is 682. The molecule has 1 N–H and O–H groups in total. The highest BCUT2D eigenvalue weighted by Crippen LogP contribution is 2.17. The summed E-state index contributed by atoms with van der Waals surface area (Å²) >= 11 is 5.86. The molecule has 2 aromatic heterocycles. The summed E-state index contributed by atoms with van der Waals surface area (Å²) < 4.78 is 7.13. The number of carboxylic acid groups (broad SMARTS) is 1. The molecular formula is C14H18ClN3O3Si-. The summed E-state index contributed by atoms with van der Waals surface area (Å²) in [7, 11) is -1.14. The maximum absolute atomic E-state index is 10.9. The molecule has 0 radical (unpaired) electrons. The van der Waals surface area contributed by atoms with E-state index in [2.05, 4.69) is 29.7 Å². The van der Waals surface area contributed by atoms with Crippen LogP contribution in [-0.2, 0) is 0 Å². The second kappa shape index (κ2) is 6.49. The van der Waals surface area contributed by atoms with Crippen molar-refractivity contribution in [2.24, 2.45) is 0 Å². The van der Waals surface area contributed by atoms with Crippen LogP contribution >= 0.6 is 11.6 Å². The van der Waals surface area contributed by atoms with E-state index in [0.29, 0.717) is 18.3 Å². The summed E-state index contributed by atoms with van der Waals surface area (Å²) in [4.78, 5) is 14.9. The Kier molecular flexibility index (Phi) is 4.87. The number of aromatic nitrogens is 3. The van der Waals surface area contributed by atoms with Crippen LogP contribution in [0.15, 0.2) is 24.4 Å². The number of pyridine rings is 1. The largest absolute Gasteiger partial charge is 0.480 e. The third-order valence-electron chi connectivity index (χ3n) is 2.97. The minimum atomic E-state index is -1.14. The van der Waals surface area contributed by atoms with Crippen LogP contribution in [0.1, 0.15) is 10.4 Å². The van der Waals surface area contributed by atoms with Gasteiger partial charge in [0.25, 0.3) is 0 Å². The minimum absolute atomic E-state index is 0.0378. The van der Waals surface area contributed by atoms with Gasteiger partial charge in [0.15, 0.2) is 5.82 Å². The van der Waals surface area contributed by atoms with Gasteiger partial charge in [-0.25, -0.2) is 14.5 Å². The topological polar surface area (TPSA) is 77.2 Å². The molecule has 22 heavy (non-hydrogen) atoms. The number of halogens is 1. The molecule has 0 amide bonds. The zero-order chi connectivity index (χ0) is 16.3. The smallest absolute Gasteiger partial charge is 0.338 e. The third-order valence-corrected chi connectivity index (χ3v) is 4.96. The molecular weight excluding hydrogens is 322 g/mol. The van der Waals surface area contributed by atoms with Gasteiger partial charge in [0.05, 0.1) is 12.2 Å². The first-order valence-electron chi connectivity index (χ1n) is 6.85. The van der Waals surface area contributed by atoms with Gasteiger partial charge in [-0.1, -0.05) is 11.6 Å². The lowest BCUT2D eigenvalue weighted by Crippen LogP contribution is -2.22. The van der Waals surface area contributed by atoms with Crippen molar-refractivity contribution in [1.82, 2.24) is 14.8 Å². The summed E-state index contributed by atoms with van der Waals surface area (Å²) in [6, 6.07) is 5.75. The van der Waals surface area contributed by atoms with Crippen molar-refractivity contribution >= 4 is 25.6 Å². The molecule has 8 heteroatoms. The van der Waals surface area contributed by atoms with Gasteiger partial charge in [0, 0.05) is 12.3 Å². The molecule has 119 valence electrons. The van der Waals surface area contributed by atoms with E-state index in [-0.39, 0.29) is 10.7 Å². The molecule has 2 heterocycles.